The Kier molecular flexibility index (Phi) is 20.6. The van der Waals surface area contributed by atoms with Crippen molar-refractivity contribution in [3.8, 4) is 0 Å². The number of carboxylic acid groups (broad SMARTS) is 1. The van der Waals surface area contributed by atoms with E-state index in [4.69, 9.17) is 5.73 Å². The molecule has 0 aliphatic rings. The molecule has 0 aliphatic carbocycles. The largest absolute Gasteiger partial charge is 0.480 e. The van der Waals surface area contributed by atoms with Crippen molar-refractivity contribution in [2.45, 2.75) is 129 Å². The van der Waals surface area contributed by atoms with E-state index in [1.807, 2.05) is 0 Å². The highest BCUT2D eigenvalue weighted by Gasteiger charge is 2.15. The molecule has 0 heterocycles. The van der Waals surface area contributed by atoms with E-state index in [-0.39, 0.29) is 0 Å². The van der Waals surface area contributed by atoms with Crippen LogP contribution < -0.4 is 11.1 Å². The van der Waals surface area contributed by atoms with Gasteiger partial charge in [0.2, 0.25) is 0 Å². The van der Waals surface area contributed by atoms with Gasteiger partial charge in [-0.1, -0.05) is 104 Å². The molecule has 0 amide bonds. The van der Waals surface area contributed by atoms with Crippen molar-refractivity contribution in [3.63, 3.8) is 0 Å². The van der Waals surface area contributed by atoms with E-state index in [0.717, 1.165) is 31.7 Å². The van der Waals surface area contributed by atoms with Crippen molar-refractivity contribution in [2.24, 2.45) is 11.7 Å². The van der Waals surface area contributed by atoms with Crippen LogP contribution in [-0.2, 0) is 4.79 Å². The first kappa shape index (κ1) is 27.4. The Morgan fingerprint density at radius 3 is 1.57 bits per heavy atom. The van der Waals surface area contributed by atoms with Gasteiger partial charge in [0.1, 0.15) is 6.04 Å². The van der Waals surface area contributed by atoms with Crippen LogP contribution in [0.2, 0.25) is 0 Å². The maximum Gasteiger partial charge on any atom is 0.320 e. The Labute approximate surface area is 175 Å². The van der Waals surface area contributed by atoms with Gasteiger partial charge in [-0.05, 0) is 38.3 Å². The van der Waals surface area contributed by atoms with Crippen LogP contribution in [0.15, 0.2) is 0 Å². The Balaban J connectivity index is 3.27. The Hall–Kier alpha value is -0.610. The van der Waals surface area contributed by atoms with E-state index < -0.39 is 12.0 Å². The molecule has 28 heavy (non-hydrogen) atoms. The SMILES string of the molecule is CC(C)CCCCCCCCCCCCCCCN[C@@H](CCCCN)C(=O)O. The minimum atomic E-state index is -0.729. The lowest BCUT2D eigenvalue weighted by atomic mass is 10.0. The molecule has 0 bridgehead atoms. The van der Waals surface area contributed by atoms with Gasteiger partial charge >= 0.3 is 5.97 Å². The lowest BCUT2D eigenvalue weighted by Gasteiger charge is -2.14. The summed E-state index contributed by atoms with van der Waals surface area (Å²) in [5.41, 5.74) is 5.47. The molecular formula is C24H50N2O2. The van der Waals surface area contributed by atoms with Gasteiger partial charge in [0.15, 0.2) is 0 Å². The number of hydrogen-bond acceptors (Lipinski definition) is 3. The zero-order chi connectivity index (χ0) is 20.9. The van der Waals surface area contributed by atoms with Gasteiger partial charge in [-0.2, -0.15) is 0 Å². The monoisotopic (exact) mass is 398 g/mol. The van der Waals surface area contributed by atoms with E-state index >= 15 is 0 Å². The summed E-state index contributed by atoms with van der Waals surface area (Å²) in [7, 11) is 0. The van der Waals surface area contributed by atoms with Crippen molar-refractivity contribution in [2.75, 3.05) is 13.1 Å². The highest BCUT2D eigenvalue weighted by molar-refractivity contribution is 5.73. The molecule has 4 nitrogen and oxygen atoms in total. The van der Waals surface area contributed by atoms with Gasteiger partial charge in [0.25, 0.3) is 0 Å². The van der Waals surface area contributed by atoms with Crippen LogP contribution in [0.1, 0.15) is 123 Å². The summed E-state index contributed by atoms with van der Waals surface area (Å²) in [6.07, 6.45) is 21.4. The molecule has 0 spiro atoms. The first-order valence-electron chi connectivity index (χ1n) is 12.2. The average Bonchev–Trinajstić information content (AvgIpc) is 2.65. The van der Waals surface area contributed by atoms with Crippen LogP contribution in [0.25, 0.3) is 0 Å². The van der Waals surface area contributed by atoms with E-state index in [1.165, 1.54) is 83.5 Å². The fourth-order valence-corrected chi connectivity index (χ4v) is 3.70. The van der Waals surface area contributed by atoms with Gasteiger partial charge in [-0.3, -0.25) is 4.79 Å². The molecular weight excluding hydrogens is 348 g/mol. The lowest BCUT2D eigenvalue weighted by Crippen LogP contribution is -2.37. The van der Waals surface area contributed by atoms with Crippen LogP contribution in [0, 0.1) is 5.92 Å². The van der Waals surface area contributed by atoms with Crippen molar-refractivity contribution in [1.82, 2.24) is 5.32 Å². The Morgan fingerprint density at radius 2 is 1.14 bits per heavy atom. The molecule has 0 rings (SSSR count). The molecule has 0 fully saturated rings. The first-order chi connectivity index (χ1) is 13.6. The summed E-state index contributed by atoms with van der Waals surface area (Å²) in [6, 6.07) is -0.401. The standard InChI is InChI=1S/C24H50N2O2/c1-22(2)18-14-12-10-8-6-4-3-5-7-9-11-13-17-21-26-23(24(27)28)19-15-16-20-25/h22-23,26H,3-21,25H2,1-2H3,(H,27,28)/t23-/m0/s1. The number of nitrogens with two attached hydrogens (primary N) is 1. The van der Waals surface area contributed by atoms with E-state index in [2.05, 4.69) is 19.2 Å². The first-order valence-corrected chi connectivity index (χ1v) is 12.2. The maximum absolute atomic E-state index is 11.2. The molecule has 0 radical (unpaired) electrons. The topological polar surface area (TPSA) is 75.3 Å². The highest BCUT2D eigenvalue weighted by atomic mass is 16.4. The molecule has 4 heteroatoms. The number of aliphatic carboxylic acids is 1. The normalized spacial score (nSPS) is 12.6. The number of hydrogen-bond donors (Lipinski definition) is 3. The molecule has 0 aliphatic heterocycles. The number of unbranched alkanes of at least 4 members (excludes halogenated alkanes) is 13. The molecule has 4 N–H and O–H groups in total. The number of carbonyl (C=O) groups is 1. The zero-order valence-electron chi connectivity index (χ0n) is 19.0. The van der Waals surface area contributed by atoms with Gasteiger partial charge in [0.05, 0.1) is 0 Å². The molecule has 0 aromatic heterocycles. The molecule has 168 valence electrons. The van der Waals surface area contributed by atoms with Crippen LogP contribution in [-0.4, -0.2) is 30.2 Å². The van der Waals surface area contributed by atoms with Gasteiger partial charge in [0, 0.05) is 0 Å². The van der Waals surface area contributed by atoms with Crippen LogP contribution in [0.4, 0.5) is 0 Å². The average molecular weight is 399 g/mol. The fraction of sp³-hybridized carbons (Fsp3) is 0.958. The second-order valence-electron chi connectivity index (χ2n) is 8.91. The zero-order valence-corrected chi connectivity index (χ0v) is 19.0. The minimum Gasteiger partial charge on any atom is -0.480 e. The Bertz CT molecular complexity index is 335. The van der Waals surface area contributed by atoms with Crippen LogP contribution >= 0.6 is 0 Å². The van der Waals surface area contributed by atoms with Gasteiger partial charge < -0.3 is 16.2 Å². The fourth-order valence-electron chi connectivity index (χ4n) is 3.70. The summed E-state index contributed by atoms with van der Waals surface area (Å²) in [5, 5.41) is 12.4. The predicted molar refractivity (Wildman–Crippen MR) is 122 cm³/mol. The quantitative estimate of drug-likeness (QED) is 0.188. The predicted octanol–water partition coefficient (Wildman–Crippen LogP) is 6.28. The summed E-state index contributed by atoms with van der Waals surface area (Å²) in [6.45, 7) is 6.09. The molecule has 0 unspecified atom stereocenters. The van der Waals surface area contributed by atoms with Crippen molar-refractivity contribution in [3.05, 3.63) is 0 Å². The third kappa shape index (κ3) is 20.1. The number of nitrogens with one attached hydrogen (secondary N) is 1. The second kappa shape index (κ2) is 21.1. The lowest BCUT2D eigenvalue weighted by molar-refractivity contribution is -0.139. The van der Waals surface area contributed by atoms with E-state index in [1.54, 1.807) is 0 Å². The molecule has 0 aromatic carbocycles. The van der Waals surface area contributed by atoms with Gasteiger partial charge in [-0.25, -0.2) is 0 Å². The van der Waals surface area contributed by atoms with Crippen molar-refractivity contribution >= 4 is 5.97 Å². The van der Waals surface area contributed by atoms with E-state index in [9.17, 15) is 9.90 Å². The highest BCUT2D eigenvalue weighted by Crippen LogP contribution is 2.14. The maximum atomic E-state index is 11.2. The van der Waals surface area contributed by atoms with E-state index in [0.29, 0.717) is 13.0 Å². The van der Waals surface area contributed by atoms with Crippen molar-refractivity contribution in [1.29, 1.82) is 0 Å². The van der Waals surface area contributed by atoms with Crippen LogP contribution in [0.3, 0.4) is 0 Å². The number of rotatable bonds is 22. The van der Waals surface area contributed by atoms with Gasteiger partial charge in [-0.15, -0.1) is 0 Å². The summed E-state index contributed by atoms with van der Waals surface area (Å²) >= 11 is 0. The van der Waals surface area contributed by atoms with Crippen molar-refractivity contribution < 1.29 is 9.90 Å². The third-order valence-corrected chi connectivity index (χ3v) is 5.59. The molecule has 0 saturated heterocycles. The third-order valence-electron chi connectivity index (χ3n) is 5.59. The summed E-state index contributed by atoms with van der Waals surface area (Å²) in [4.78, 5) is 11.2. The molecule has 1 atom stereocenters. The Morgan fingerprint density at radius 1 is 0.714 bits per heavy atom. The smallest absolute Gasteiger partial charge is 0.320 e. The summed E-state index contributed by atoms with van der Waals surface area (Å²) < 4.78 is 0. The van der Waals surface area contributed by atoms with Crippen LogP contribution in [0.5, 0.6) is 0 Å². The second-order valence-corrected chi connectivity index (χ2v) is 8.91. The minimum absolute atomic E-state index is 0.401. The molecule has 0 saturated carbocycles. The summed E-state index contributed by atoms with van der Waals surface area (Å²) in [5.74, 6) is 0.136. The number of carboxylic acids is 1. The molecule has 0 aromatic rings.